The van der Waals surface area contributed by atoms with E-state index in [0.29, 0.717) is 30.6 Å². The fourth-order valence-electron chi connectivity index (χ4n) is 8.74. The number of rotatable bonds is 5. The van der Waals surface area contributed by atoms with Crippen molar-refractivity contribution in [3.8, 4) is 6.07 Å². The first-order valence-electron chi connectivity index (χ1n) is 13.7. The first kappa shape index (κ1) is 22.3. The Bertz CT molecular complexity index is 1360. The number of hydrogen-bond donors (Lipinski definition) is 3. The maximum absolute atomic E-state index is 13.6. The second-order valence-corrected chi connectivity index (χ2v) is 12.4. The number of fused-ring (bicyclic) bond motifs is 3. The van der Waals surface area contributed by atoms with Gasteiger partial charge in [0.25, 0.3) is 0 Å². The van der Waals surface area contributed by atoms with Gasteiger partial charge in [-0.3, -0.25) is 4.79 Å². The molecule has 5 fully saturated rings. The molecule has 0 aromatic carbocycles. The molecule has 1 amide bonds. The zero-order chi connectivity index (χ0) is 24.5. The van der Waals surface area contributed by atoms with Crippen molar-refractivity contribution in [2.45, 2.75) is 94.2 Å². The van der Waals surface area contributed by atoms with Crippen LogP contribution < -0.4 is 5.32 Å². The lowest BCUT2D eigenvalue weighted by atomic mass is 9.51. The second-order valence-electron chi connectivity index (χ2n) is 12.4. The molecular formula is C28H34N6O2. The highest BCUT2D eigenvalue weighted by Crippen LogP contribution is 2.57. The van der Waals surface area contributed by atoms with Gasteiger partial charge in [0.15, 0.2) is 0 Å². The van der Waals surface area contributed by atoms with Crippen molar-refractivity contribution in [3.63, 3.8) is 0 Å². The first-order valence-corrected chi connectivity index (χ1v) is 13.7. The molecule has 188 valence electrons. The Labute approximate surface area is 210 Å². The largest absolute Gasteiger partial charge is 0.390 e. The van der Waals surface area contributed by atoms with E-state index in [1.54, 1.807) is 0 Å². The first-order chi connectivity index (χ1) is 17.4. The number of nitrogens with zero attached hydrogens (tertiary/aromatic N) is 4. The van der Waals surface area contributed by atoms with Crippen molar-refractivity contribution in [2.75, 3.05) is 0 Å². The second kappa shape index (κ2) is 8.04. The Balaban J connectivity index is 1.20. The van der Waals surface area contributed by atoms with E-state index in [4.69, 9.17) is 10.2 Å². The molecule has 2 atom stereocenters. The van der Waals surface area contributed by atoms with Crippen molar-refractivity contribution in [1.82, 2.24) is 24.8 Å². The monoisotopic (exact) mass is 486 g/mol. The summed E-state index contributed by atoms with van der Waals surface area (Å²) in [7, 11) is 0. The maximum Gasteiger partial charge on any atom is 0.228 e. The molecule has 5 aliphatic rings. The normalized spacial score (nSPS) is 35.3. The van der Waals surface area contributed by atoms with Gasteiger partial charge in [-0.15, -0.1) is 0 Å². The van der Waals surface area contributed by atoms with Gasteiger partial charge in [-0.25, -0.2) is 9.97 Å². The SMILES string of the molecule is N#CC[C@H]1CC[C@H](n2c(CC(=O)NC34CC5CC(CC(O)(C5)C3)C4)nc3cnc4[nH]ccc4c32)CC1. The number of nitriles is 1. The van der Waals surface area contributed by atoms with Crippen LogP contribution in [0.2, 0.25) is 0 Å². The third-order valence-corrected chi connectivity index (χ3v) is 9.62. The van der Waals surface area contributed by atoms with Gasteiger partial charge in [-0.2, -0.15) is 5.26 Å². The molecule has 8 heteroatoms. The Morgan fingerprint density at radius 2 is 2.00 bits per heavy atom. The van der Waals surface area contributed by atoms with Gasteiger partial charge in [0.1, 0.15) is 17.0 Å². The van der Waals surface area contributed by atoms with Gasteiger partial charge in [-0.05, 0) is 88.0 Å². The van der Waals surface area contributed by atoms with Crippen LogP contribution in [-0.4, -0.2) is 41.7 Å². The summed E-state index contributed by atoms with van der Waals surface area (Å²) in [5.74, 6) is 2.32. The molecule has 3 aromatic heterocycles. The van der Waals surface area contributed by atoms with E-state index in [0.717, 1.165) is 79.3 Å². The van der Waals surface area contributed by atoms with Crippen LogP contribution in [-0.2, 0) is 11.2 Å². The predicted molar refractivity (Wildman–Crippen MR) is 135 cm³/mol. The van der Waals surface area contributed by atoms with E-state index in [9.17, 15) is 9.90 Å². The minimum atomic E-state index is -0.599. The molecule has 0 aliphatic heterocycles. The number of hydrogen-bond acceptors (Lipinski definition) is 5. The molecule has 8 rings (SSSR count). The molecule has 3 N–H and O–H groups in total. The van der Waals surface area contributed by atoms with E-state index in [-0.39, 0.29) is 23.9 Å². The number of pyridine rings is 1. The highest BCUT2D eigenvalue weighted by molar-refractivity contribution is 6.01. The summed E-state index contributed by atoms with van der Waals surface area (Å²) < 4.78 is 2.31. The highest BCUT2D eigenvalue weighted by Gasteiger charge is 2.57. The molecule has 3 heterocycles. The Kier molecular flexibility index (Phi) is 4.98. The fraction of sp³-hybridized carbons (Fsp3) is 0.643. The van der Waals surface area contributed by atoms with E-state index in [2.05, 4.69) is 25.9 Å². The summed E-state index contributed by atoms with van der Waals surface area (Å²) in [6, 6.07) is 4.64. The number of carbonyl (C=O) groups is 1. The number of nitrogens with one attached hydrogen (secondary N) is 2. The van der Waals surface area contributed by atoms with Crippen molar-refractivity contribution in [2.24, 2.45) is 17.8 Å². The molecule has 0 spiro atoms. The molecule has 3 aromatic rings. The Morgan fingerprint density at radius 3 is 2.72 bits per heavy atom. The average molecular weight is 487 g/mol. The molecule has 0 radical (unpaired) electrons. The number of imidazole rings is 1. The summed E-state index contributed by atoms with van der Waals surface area (Å²) in [4.78, 5) is 26.3. The third kappa shape index (κ3) is 3.62. The zero-order valence-corrected chi connectivity index (χ0v) is 20.7. The molecule has 36 heavy (non-hydrogen) atoms. The van der Waals surface area contributed by atoms with Crippen LogP contribution >= 0.6 is 0 Å². The van der Waals surface area contributed by atoms with Crippen molar-refractivity contribution < 1.29 is 9.90 Å². The van der Waals surface area contributed by atoms with Crippen molar-refractivity contribution in [3.05, 3.63) is 24.3 Å². The van der Waals surface area contributed by atoms with Gasteiger partial charge in [-0.1, -0.05) is 0 Å². The molecule has 5 saturated carbocycles. The lowest BCUT2D eigenvalue weighted by Gasteiger charge is -2.60. The molecule has 2 unspecified atom stereocenters. The Hall–Kier alpha value is -2.92. The molecule has 5 aliphatic carbocycles. The van der Waals surface area contributed by atoms with E-state index < -0.39 is 5.60 Å². The summed E-state index contributed by atoms with van der Waals surface area (Å²) in [5, 5.41) is 24.7. The highest BCUT2D eigenvalue weighted by atomic mass is 16.3. The van der Waals surface area contributed by atoms with Crippen LogP contribution in [0.5, 0.6) is 0 Å². The lowest BCUT2D eigenvalue weighted by molar-refractivity contribution is -0.150. The molecular weight excluding hydrogens is 452 g/mol. The van der Waals surface area contributed by atoms with Gasteiger partial charge in [0.2, 0.25) is 5.91 Å². The number of aromatic amines is 1. The molecule has 4 bridgehead atoms. The van der Waals surface area contributed by atoms with Gasteiger partial charge < -0.3 is 20.0 Å². The van der Waals surface area contributed by atoms with Crippen molar-refractivity contribution in [1.29, 1.82) is 5.26 Å². The number of aromatic nitrogens is 4. The van der Waals surface area contributed by atoms with E-state index >= 15 is 0 Å². The van der Waals surface area contributed by atoms with Crippen molar-refractivity contribution >= 4 is 28.0 Å². The van der Waals surface area contributed by atoms with E-state index in [1.807, 2.05) is 18.5 Å². The van der Waals surface area contributed by atoms with Gasteiger partial charge >= 0.3 is 0 Å². The summed E-state index contributed by atoms with van der Waals surface area (Å²) >= 11 is 0. The summed E-state index contributed by atoms with van der Waals surface area (Å²) in [6.07, 6.45) is 14.2. The zero-order valence-electron chi connectivity index (χ0n) is 20.7. The number of carbonyl (C=O) groups excluding carboxylic acids is 1. The smallest absolute Gasteiger partial charge is 0.228 e. The molecule has 8 nitrogen and oxygen atoms in total. The lowest BCUT2D eigenvalue weighted by Crippen LogP contribution is -2.65. The van der Waals surface area contributed by atoms with Crippen LogP contribution in [0.4, 0.5) is 0 Å². The van der Waals surface area contributed by atoms with Crippen LogP contribution in [0.1, 0.15) is 82.5 Å². The maximum atomic E-state index is 13.6. The van der Waals surface area contributed by atoms with E-state index in [1.165, 1.54) is 6.42 Å². The third-order valence-electron chi connectivity index (χ3n) is 9.62. The predicted octanol–water partition coefficient (Wildman–Crippen LogP) is 4.30. The van der Waals surface area contributed by atoms with Crippen LogP contribution in [0.25, 0.3) is 22.1 Å². The summed E-state index contributed by atoms with van der Waals surface area (Å²) in [5.41, 5.74) is 1.85. The average Bonchev–Trinajstić information content (AvgIpc) is 3.42. The Morgan fingerprint density at radius 1 is 1.22 bits per heavy atom. The van der Waals surface area contributed by atoms with Crippen LogP contribution in [0.15, 0.2) is 18.5 Å². The van der Waals surface area contributed by atoms with Gasteiger partial charge in [0.05, 0.1) is 29.8 Å². The van der Waals surface area contributed by atoms with Crippen LogP contribution in [0.3, 0.4) is 0 Å². The van der Waals surface area contributed by atoms with Crippen LogP contribution in [0, 0.1) is 29.1 Å². The topological polar surface area (TPSA) is 120 Å². The minimum Gasteiger partial charge on any atom is -0.390 e. The quantitative estimate of drug-likeness (QED) is 0.497. The number of amides is 1. The fourth-order valence-corrected chi connectivity index (χ4v) is 8.74. The van der Waals surface area contributed by atoms with Gasteiger partial charge in [0, 0.05) is 29.6 Å². The molecule has 0 saturated heterocycles. The summed E-state index contributed by atoms with van der Waals surface area (Å²) in [6.45, 7) is 0. The number of aliphatic hydroxyl groups is 1. The minimum absolute atomic E-state index is 0.00791. The number of H-pyrrole nitrogens is 1. The standard InChI is InChI=1S/C28H34N6O2/c29-7-5-17-1-3-20(4-2-17)34-23(32-22-15-31-26-21(25(22)34)6-8-30-26)10-24(35)33-27-11-18-9-19(12-27)14-28(36,13-18)16-27/h6,8,15,17-20,36H,1-5,9-14,16H2,(H,30,31)(H,33,35)/t17-,18?,19?,20-,27?,28?.